The fourth-order valence-corrected chi connectivity index (χ4v) is 4.83. The van der Waals surface area contributed by atoms with E-state index in [-0.39, 0.29) is 169 Å². The standard InChI is InChI=1S/C26H47N2O6.4Y/c1-7-16-32-21(29)24(2,3)19-26(6,20-25(4,5)22(30)33-17-12-27)23(31)34-18-15-28-13-10-8-9-11-14-28;;;;/h27H,7-20H2,1-6H3;;;;/q-1;;;;. The molecule has 0 saturated carbocycles. The van der Waals surface area contributed by atoms with Crippen LogP contribution in [0.3, 0.4) is 0 Å². The predicted octanol–water partition coefficient (Wildman–Crippen LogP) is 4.78. The monoisotopic (exact) mass is 839 g/mol. The van der Waals surface area contributed by atoms with Crippen molar-refractivity contribution in [3.63, 3.8) is 0 Å². The molecular weight excluding hydrogens is 792 g/mol. The number of rotatable bonds is 14. The molecule has 210 valence electrons. The SMILES string of the molecule is CCCOC(=O)C(C)(C)CC(C)(CC(C)(C)C(=O)OCC[NH-])C(=O)OCCN1CCCCCC1.[Y].[Y].[Y].[Y]. The Morgan fingerprint density at radius 3 is 1.53 bits per heavy atom. The third kappa shape index (κ3) is 17.8. The van der Waals surface area contributed by atoms with E-state index < -0.39 is 28.2 Å². The summed E-state index contributed by atoms with van der Waals surface area (Å²) >= 11 is 0. The average molecular weight is 839 g/mol. The topological polar surface area (TPSA) is 106 Å². The number of nitrogens with one attached hydrogen (secondary N) is 1. The van der Waals surface area contributed by atoms with Crippen LogP contribution in [0.25, 0.3) is 5.73 Å². The van der Waals surface area contributed by atoms with E-state index in [0.29, 0.717) is 19.6 Å². The number of ether oxygens (including phenoxy) is 3. The summed E-state index contributed by atoms with van der Waals surface area (Å²) in [7, 11) is 0. The van der Waals surface area contributed by atoms with Crippen molar-refractivity contribution in [2.45, 2.75) is 86.5 Å². The maximum atomic E-state index is 13.4. The summed E-state index contributed by atoms with van der Waals surface area (Å²) in [5.74, 6) is -1.25. The van der Waals surface area contributed by atoms with E-state index in [9.17, 15) is 14.4 Å². The van der Waals surface area contributed by atoms with Crippen LogP contribution in [-0.4, -0.2) is 68.8 Å². The average Bonchev–Trinajstić information content (AvgIpc) is 3.03. The predicted molar refractivity (Wildman–Crippen MR) is 132 cm³/mol. The molecule has 1 atom stereocenters. The number of hydrogen-bond acceptors (Lipinski definition) is 7. The molecule has 0 aliphatic carbocycles. The van der Waals surface area contributed by atoms with Gasteiger partial charge in [0, 0.05) is 137 Å². The van der Waals surface area contributed by atoms with Gasteiger partial charge in [-0.1, -0.05) is 19.8 Å². The van der Waals surface area contributed by atoms with Crippen molar-refractivity contribution in [2.24, 2.45) is 16.2 Å². The van der Waals surface area contributed by atoms with E-state index >= 15 is 0 Å². The van der Waals surface area contributed by atoms with E-state index in [1.807, 2.05) is 6.92 Å². The third-order valence-electron chi connectivity index (χ3n) is 6.37. The van der Waals surface area contributed by atoms with Crippen molar-refractivity contribution in [1.82, 2.24) is 4.90 Å². The summed E-state index contributed by atoms with van der Waals surface area (Å²) in [4.78, 5) is 41.1. The first kappa shape index (κ1) is 47.7. The van der Waals surface area contributed by atoms with Gasteiger partial charge in [-0.15, -0.1) is 6.54 Å². The Morgan fingerprint density at radius 2 is 1.11 bits per heavy atom. The van der Waals surface area contributed by atoms with Crippen LogP contribution >= 0.6 is 0 Å². The Labute approximate surface area is 331 Å². The number of esters is 3. The number of nitrogens with zero attached hydrogens (tertiary/aromatic N) is 1. The molecule has 1 rings (SSSR count). The number of hydrogen-bond donors (Lipinski definition) is 0. The second-order valence-electron chi connectivity index (χ2n) is 11.1. The normalized spacial score (nSPS) is 15.6. The van der Waals surface area contributed by atoms with Crippen LogP contribution in [-0.2, 0) is 159 Å². The van der Waals surface area contributed by atoms with E-state index in [1.165, 1.54) is 12.8 Å². The van der Waals surface area contributed by atoms with Crippen LogP contribution in [0.15, 0.2) is 0 Å². The maximum absolute atomic E-state index is 13.4. The molecule has 0 aromatic rings. The van der Waals surface area contributed by atoms with Crippen LogP contribution < -0.4 is 0 Å². The van der Waals surface area contributed by atoms with Crippen LogP contribution in [0.2, 0.25) is 0 Å². The minimum absolute atomic E-state index is 0. The van der Waals surface area contributed by atoms with Gasteiger partial charge >= 0.3 is 17.9 Å². The number of carbonyl (C=O) groups is 3. The summed E-state index contributed by atoms with van der Waals surface area (Å²) in [5, 5.41) is 0. The zero-order valence-electron chi connectivity index (χ0n) is 24.6. The van der Waals surface area contributed by atoms with Gasteiger partial charge in [0.15, 0.2) is 0 Å². The fraction of sp³-hybridized carbons (Fsp3) is 0.885. The van der Waals surface area contributed by atoms with Gasteiger partial charge in [-0.05, 0) is 79.8 Å². The van der Waals surface area contributed by atoms with E-state index in [2.05, 4.69) is 4.90 Å². The smallest absolute Gasteiger partial charge is 0.311 e. The molecule has 1 aliphatic heterocycles. The van der Waals surface area contributed by atoms with Crippen LogP contribution in [0.4, 0.5) is 0 Å². The summed E-state index contributed by atoms with van der Waals surface area (Å²) < 4.78 is 16.3. The number of likely N-dealkylation sites (tertiary alicyclic amines) is 1. The summed E-state index contributed by atoms with van der Waals surface area (Å²) in [6, 6.07) is 0. The molecule has 1 aliphatic rings. The Morgan fingerprint density at radius 1 is 0.684 bits per heavy atom. The molecule has 0 aromatic carbocycles. The van der Waals surface area contributed by atoms with Gasteiger partial charge in [0.2, 0.25) is 0 Å². The van der Waals surface area contributed by atoms with Crippen LogP contribution in [0, 0.1) is 16.2 Å². The van der Waals surface area contributed by atoms with Gasteiger partial charge in [0.1, 0.15) is 6.61 Å². The first-order valence-electron chi connectivity index (χ1n) is 12.8. The fourth-order valence-electron chi connectivity index (χ4n) is 4.83. The molecule has 1 heterocycles. The Balaban J connectivity index is -0.00000144. The minimum Gasteiger partial charge on any atom is -0.675 e. The Kier molecular flexibility index (Phi) is 30.2. The summed E-state index contributed by atoms with van der Waals surface area (Å²) in [6.45, 7) is 14.0. The Bertz CT molecular complexity index is 638. The van der Waals surface area contributed by atoms with Crippen molar-refractivity contribution in [3.05, 3.63) is 5.73 Å². The second-order valence-corrected chi connectivity index (χ2v) is 11.1. The molecule has 4 radical (unpaired) electrons. The molecule has 0 amide bonds. The van der Waals surface area contributed by atoms with Crippen molar-refractivity contribution in [2.75, 3.05) is 46.0 Å². The van der Waals surface area contributed by atoms with Crippen molar-refractivity contribution in [3.8, 4) is 0 Å². The largest absolute Gasteiger partial charge is 0.675 e. The van der Waals surface area contributed by atoms with Crippen molar-refractivity contribution in [1.29, 1.82) is 0 Å². The van der Waals surface area contributed by atoms with Gasteiger partial charge in [0.25, 0.3) is 0 Å². The van der Waals surface area contributed by atoms with E-state index in [4.69, 9.17) is 19.9 Å². The van der Waals surface area contributed by atoms with Crippen molar-refractivity contribution < 1.29 is 159 Å². The molecule has 1 saturated heterocycles. The molecule has 0 aromatic heterocycles. The summed E-state index contributed by atoms with van der Waals surface area (Å²) in [5.41, 5.74) is 4.21. The summed E-state index contributed by atoms with van der Waals surface area (Å²) in [6.07, 6.45) is 5.85. The number of carbonyl (C=O) groups excluding carboxylic acids is 3. The molecule has 12 heteroatoms. The van der Waals surface area contributed by atoms with Gasteiger partial charge in [-0.2, -0.15) is 0 Å². The Hall–Kier alpha value is 2.75. The zero-order chi connectivity index (χ0) is 25.8. The molecule has 1 unspecified atom stereocenters. The molecule has 1 fully saturated rings. The van der Waals surface area contributed by atoms with Gasteiger partial charge in [-0.25, -0.2) is 0 Å². The van der Waals surface area contributed by atoms with Gasteiger partial charge < -0.3 is 19.9 Å². The van der Waals surface area contributed by atoms with E-state index in [1.54, 1.807) is 34.6 Å². The molecule has 0 bridgehead atoms. The first-order chi connectivity index (χ1) is 15.9. The van der Waals surface area contributed by atoms with Crippen LogP contribution in [0.1, 0.15) is 86.5 Å². The molecular formula is C26H47N2O6Y4-. The van der Waals surface area contributed by atoms with Gasteiger partial charge in [-0.3, -0.25) is 19.3 Å². The van der Waals surface area contributed by atoms with Gasteiger partial charge in [0.05, 0.1) is 29.5 Å². The van der Waals surface area contributed by atoms with Crippen LogP contribution in [0.5, 0.6) is 0 Å². The molecule has 38 heavy (non-hydrogen) atoms. The molecule has 0 spiro atoms. The zero-order valence-corrected chi connectivity index (χ0v) is 36.0. The molecule has 8 nitrogen and oxygen atoms in total. The second kappa shape index (κ2) is 24.1. The first-order valence-corrected chi connectivity index (χ1v) is 12.8. The molecule has 1 N–H and O–H groups in total. The third-order valence-corrected chi connectivity index (χ3v) is 6.37. The van der Waals surface area contributed by atoms with Crippen molar-refractivity contribution >= 4 is 17.9 Å². The maximum Gasteiger partial charge on any atom is 0.311 e. The van der Waals surface area contributed by atoms with E-state index in [0.717, 1.165) is 25.9 Å². The minimum atomic E-state index is -1.10. The quantitative estimate of drug-likeness (QED) is 0.183.